The molecule has 0 saturated carbocycles. The minimum absolute atomic E-state index is 0.119. The van der Waals surface area contributed by atoms with Gasteiger partial charge in [0.15, 0.2) is 0 Å². The Bertz CT molecular complexity index is 419. The standard InChI is InChI=1S/C9H10F9O2P/c1-5(19)4-6(2)20-21(3,7(10,11)12,8(13,14)15)9(16,17)18/h4H,1-3H3/b6-4-. The number of halogens is 9. The minimum atomic E-state index is -8.76. The van der Waals surface area contributed by atoms with Crippen molar-refractivity contribution < 1.29 is 48.8 Å². The third-order valence-electron chi connectivity index (χ3n) is 2.61. The van der Waals surface area contributed by atoms with Gasteiger partial charge in [0.2, 0.25) is 0 Å². The Morgan fingerprint density at radius 2 is 1.14 bits per heavy atom. The maximum absolute atomic E-state index is 12.8. The zero-order valence-corrected chi connectivity index (χ0v) is 11.6. The summed E-state index contributed by atoms with van der Waals surface area (Å²) in [4.78, 5) is 10.6. The van der Waals surface area contributed by atoms with Gasteiger partial charge >= 0.3 is 112 Å². The molecule has 0 atom stereocenters. The van der Waals surface area contributed by atoms with Crippen LogP contribution in [0.15, 0.2) is 11.8 Å². The van der Waals surface area contributed by atoms with Crippen LogP contribution in [-0.2, 0) is 9.32 Å². The number of hydrogen-bond acceptors (Lipinski definition) is 2. The van der Waals surface area contributed by atoms with Crippen LogP contribution in [0, 0.1) is 0 Å². The Balaban J connectivity index is 6.59. The second-order valence-corrected chi connectivity index (χ2v) is 8.95. The summed E-state index contributed by atoms with van der Waals surface area (Å²) in [5.74, 6) is -22.8. The summed E-state index contributed by atoms with van der Waals surface area (Å²) in [6.07, 6.45) is 0.119. The Morgan fingerprint density at radius 3 is 1.33 bits per heavy atom. The second-order valence-electron chi connectivity index (χ2n) is 4.32. The van der Waals surface area contributed by atoms with Gasteiger partial charge < -0.3 is 0 Å². The fourth-order valence-corrected chi connectivity index (χ4v) is 3.20. The first-order chi connectivity index (χ1) is 8.89. The van der Waals surface area contributed by atoms with Gasteiger partial charge in [-0.05, 0) is 0 Å². The number of ketones is 1. The van der Waals surface area contributed by atoms with Crippen molar-refractivity contribution in [2.75, 3.05) is 6.66 Å². The van der Waals surface area contributed by atoms with Crippen LogP contribution >= 0.6 is 6.83 Å². The summed E-state index contributed by atoms with van der Waals surface area (Å²) < 4.78 is 119. The first-order valence-electron chi connectivity index (χ1n) is 4.99. The molecule has 0 spiro atoms. The van der Waals surface area contributed by atoms with Crippen LogP contribution in [0.3, 0.4) is 0 Å². The van der Waals surface area contributed by atoms with E-state index in [2.05, 4.69) is 4.52 Å². The summed E-state index contributed by atoms with van der Waals surface area (Å²) in [5.41, 5.74) is 0. The van der Waals surface area contributed by atoms with Gasteiger partial charge in [-0.25, -0.2) is 0 Å². The fraction of sp³-hybridized carbons (Fsp3) is 0.667. The van der Waals surface area contributed by atoms with Crippen molar-refractivity contribution in [2.24, 2.45) is 0 Å². The number of hydrogen-bond donors (Lipinski definition) is 0. The van der Waals surface area contributed by atoms with Crippen molar-refractivity contribution >= 4 is 12.6 Å². The van der Waals surface area contributed by atoms with E-state index >= 15 is 0 Å². The molecule has 0 aromatic rings. The van der Waals surface area contributed by atoms with E-state index in [1.807, 2.05) is 0 Å². The monoisotopic (exact) mass is 352 g/mol. The van der Waals surface area contributed by atoms with E-state index < -0.39 is 42.8 Å². The molecule has 0 aliphatic heterocycles. The summed E-state index contributed by atoms with van der Waals surface area (Å²) in [6, 6.07) is 0. The van der Waals surface area contributed by atoms with Gasteiger partial charge in [0, 0.05) is 0 Å². The molecule has 0 aliphatic carbocycles. The molecule has 0 aromatic heterocycles. The SMILES string of the molecule is CC(=O)/C=C(/C)OP(C)(C(F)(F)F)(C(F)(F)F)C(F)(F)F. The molecule has 126 valence electrons. The van der Waals surface area contributed by atoms with Crippen molar-refractivity contribution in [1.29, 1.82) is 0 Å². The molecule has 0 saturated heterocycles. The zero-order valence-electron chi connectivity index (χ0n) is 10.7. The Hall–Kier alpha value is -0.990. The maximum atomic E-state index is 12.8. The van der Waals surface area contributed by atoms with E-state index in [1.54, 1.807) is 0 Å². The average molecular weight is 352 g/mol. The zero-order chi connectivity index (χ0) is 17.5. The van der Waals surface area contributed by atoms with Crippen LogP contribution in [0.25, 0.3) is 0 Å². The molecule has 0 rings (SSSR count). The van der Waals surface area contributed by atoms with Crippen molar-refractivity contribution in [1.82, 2.24) is 0 Å². The molecule has 0 aromatic carbocycles. The molecule has 0 bridgehead atoms. The van der Waals surface area contributed by atoms with Gasteiger partial charge in [-0.15, -0.1) is 0 Å². The van der Waals surface area contributed by atoms with Crippen LogP contribution in [0.4, 0.5) is 39.5 Å². The number of allylic oxidation sites excluding steroid dienone is 2. The quantitative estimate of drug-likeness (QED) is 0.304. The molecular weight excluding hydrogens is 342 g/mol. The Labute approximate surface area is 112 Å². The first kappa shape index (κ1) is 20.0. The fourth-order valence-electron chi connectivity index (χ4n) is 1.26. The predicted octanol–water partition coefficient (Wildman–Crippen LogP) is 5.15. The van der Waals surface area contributed by atoms with Crippen molar-refractivity contribution in [3.8, 4) is 0 Å². The predicted molar refractivity (Wildman–Crippen MR) is 56.5 cm³/mol. The van der Waals surface area contributed by atoms with E-state index in [1.165, 1.54) is 0 Å². The molecule has 0 amide bonds. The van der Waals surface area contributed by atoms with Crippen molar-refractivity contribution in [2.45, 2.75) is 31.6 Å². The van der Waals surface area contributed by atoms with Crippen LogP contribution in [0.5, 0.6) is 0 Å². The first-order valence-corrected chi connectivity index (χ1v) is 7.59. The molecule has 21 heavy (non-hydrogen) atoms. The van der Waals surface area contributed by atoms with E-state index in [9.17, 15) is 44.3 Å². The topological polar surface area (TPSA) is 26.3 Å². The molecule has 0 heterocycles. The Kier molecular flexibility index (Phi) is 4.79. The normalized spacial score (nSPS) is 17.1. The summed E-state index contributed by atoms with van der Waals surface area (Å²) in [6.45, 7) is -8.64. The van der Waals surface area contributed by atoms with Gasteiger partial charge in [-0.2, -0.15) is 0 Å². The van der Waals surface area contributed by atoms with Crippen LogP contribution in [-0.4, -0.2) is 30.2 Å². The van der Waals surface area contributed by atoms with Gasteiger partial charge in [0.25, 0.3) is 0 Å². The van der Waals surface area contributed by atoms with Crippen LogP contribution in [0.2, 0.25) is 0 Å². The van der Waals surface area contributed by atoms with Gasteiger partial charge in [0.1, 0.15) is 0 Å². The van der Waals surface area contributed by atoms with Crippen molar-refractivity contribution in [3.63, 3.8) is 0 Å². The van der Waals surface area contributed by atoms with Gasteiger partial charge in [0.05, 0.1) is 0 Å². The molecule has 0 radical (unpaired) electrons. The second kappa shape index (κ2) is 5.03. The molecule has 0 unspecified atom stereocenters. The number of alkyl halides is 9. The molecular formula is C9H10F9O2P. The van der Waals surface area contributed by atoms with Crippen LogP contribution < -0.4 is 0 Å². The Morgan fingerprint density at radius 1 is 0.857 bits per heavy atom. The van der Waals surface area contributed by atoms with Gasteiger partial charge in [-0.1, -0.05) is 0 Å². The van der Waals surface area contributed by atoms with Crippen molar-refractivity contribution in [3.05, 3.63) is 11.8 Å². The molecule has 0 N–H and O–H groups in total. The summed E-state index contributed by atoms with van der Waals surface area (Å²) >= 11 is 0. The molecule has 12 heteroatoms. The van der Waals surface area contributed by atoms with E-state index in [0.29, 0.717) is 6.92 Å². The third kappa shape index (κ3) is 2.72. The number of carbonyl (C=O) groups is 1. The van der Waals surface area contributed by atoms with E-state index in [4.69, 9.17) is 0 Å². The third-order valence-corrected chi connectivity index (χ3v) is 7.02. The molecule has 2 nitrogen and oxygen atoms in total. The molecule has 0 aliphatic rings. The number of rotatable bonds is 3. The average Bonchev–Trinajstić information content (AvgIpc) is 2.09. The molecule has 0 fully saturated rings. The summed E-state index contributed by atoms with van der Waals surface area (Å²) in [7, 11) is 0. The van der Waals surface area contributed by atoms with E-state index in [0.717, 1.165) is 6.92 Å². The van der Waals surface area contributed by atoms with Gasteiger partial charge in [-0.3, -0.25) is 0 Å². The van der Waals surface area contributed by atoms with Crippen LogP contribution in [0.1, 0.15) is 13.8 Å². The van der Waals surface area contributed by atoms with E-state index in [-0.39, 0.29) is 6.08 Å². The summed E-state index contributed by atoms with van der Waals surface area (Å²) in [5, 5.41) is 0. The number of carbonyl (C=O) groups excluding carboxylic acids is 1.